The summed E-state index contributed by atoms with van der Waals surface area (Å²) in [6.45, 7) is 1.93. The van der Waals surface area contributed by atoms with Gasteiger partial charge in [0.1, 0.15) is 0 Å². The van der Waals surface area contributed by atoms with E-state index in [1.165, 1.54) is 0 Å². The highest BCUT2D eigenvalue weighted by Gasteiger charge is 2.32. The molecule has 2 N–H and O–H groups in total. The molecule has 0 aromatic heterocycles. The van der Waals surface area contributed by atoms with E-state index in [0.717, 1.165) is 49.8 Å². The molecule has 0 heterocycles. The molecule has 5 heteroatoms. The lowest BCUT2D eigenvalue weighted by Crippen LogP contribution is -2.36. The number of aryl methyl sites for hydroxylation is 1. The van der Waals surface area contributed by atoms with E-state index in [1.54, 1.807) is 6.07 Å². The van der Waals surface area contributed by atoms with Gasteiger partial charge >= 0.3 is 0 Å². The summed E-state index contributed by atoms with van der Waals surface area (Å²) in [4.78, 5) is 24.4. The summed E-state index contributed by atoms with van der Waals surface area (Å²) >= 11 is 6.09. The van der Waals surface area contributed by atoms with Crippen LogP contribution in [0.25, 0.3) is 0 Å². The van der Waals surface area contributed by atoms with Gasteiger partial charge in [-0.2, -0.15) is 0 Å². The standard InChI is InChI=1S/C18H23ClN2O2/c1-11-2-7-15(10-16(11)19)21-18(23)13-5-3-12(4-6-13)17(22)20-14-8-9-14/h2,7,10,12-14H,3-6,8-9H2,1H3,(H,20,22)(H,21,23). The van der Waals surface area contributed by atoms with Crippen LogP contribution in [0.15, 0.2) is 18.2 Å². The molecule has 3 rings (SSSR count). The number of carbonyl (C=O) groups is 2. The lowest BCUT2D eigenvalue weighted by Gasteiger charge is -2.27. The molecule has 0 unspecified atom stereocenters. The van der Waals surface area contributed by atoms with Crippen molar-refractivity contribution in [1.82, 2.24) is 5.32 Å². The van der Waals surface area contributed by atoms with Crippen molar-refractivity contribution < 1.29 is 9.59 Å². The quantitative estimate of drug-likeness (QED) is 0.882. The zero-order valence-corrected chi connectivity index (χ0v) is 14.2. The number of hydrogen-bond acceptors (Lipinski definition) is 2. The lowest BCUT2D eigenvalue weighted by atomic mass is 9.81. The summed E-state index contributed by atoms with van der Waals surface area (Å²) in [7, 11) is 0. The van der Waals surface area contributed by atoms with E-state index in [4.69, 9.17) is 11.6 Å². The predicted molar refractivity (Wildman–Crippen MR) is 91.4 cm³/mol. The maximum atomic E-state index is 12.4. The molecule has 0 saturated heterocycles. The Morgan fingerprint density at radius 3 is 2.17 bits per heavy atom. The van der Waals surface area contributed by atoms with E-state index in [-0.39, 0.29) is 23.7 Å². The van der Waals surface area contributed by atoms with Crippen molar-refractivity contribution in [3.63, 3.8) is 0 Å². The maximum absolute atomic E-state index is 12.4. The Hall–Kier alpha value is -1.55. The highest BCUT2D eigenvalue weighted by molar-refractivity contribution is 6.31. The van der Waals surface area contributed by atoms with Crippen LogP contribution in [0.5, 0.6) is 0 Å². The van der Waals surface area contributed by atoms with Crippen molar-refractivity contribution >= 4 is 29.1 Å². The summed E-state index contributed by atoms with van der Waals surface area (Å²) in [6, 6.07) is 5.96. The van der Waals surface area contributed by atoms with Gasteiger partial charge in [0.15, 0.2) is 0 Å². The van der Waals surface area contributed by atoms with Crippen molar-refractivity contribution in [2.24, 2.45) is 11.8 Å². The van der Waals surface area contributed by atoms with Crippen molar-refractivity contribution in [2.75, 3.05) is 5.32 Å². The van der Waals surface area contributed by atoms with Gasteiger partial charge in [0, 0.05) is 28.6 Å². The molecular weight excluding hydrogens is 312 g/mol. The Balaban J connectivity index is 1.49. The minimum atomic E-state index is -0.0138. The summed E-state index contributed by atoms with van der Waals surface area (Å²) in [5.41, 5.74) is 1.73. The Kier molecular flexibility index (Phi) is 4.90. The van der Waals surface area contributed by atoms with Gasteiger partial charge in [-0.3, -0.25) is 9.59 Å². The van der Waals surface area contributed by atoms with E-state index in [1.807, 2.05) is 19.1 Å². The van der Waals surface area contributed by atoms with Crippen LogP contribution in [0.4, 0.5) is 5.69 Å². The van der Waals surface area contributed by atoms with Crippen LogP contribution < -0.4 is 10.6 Å². The number of amides is 2. The van der Waals surface area contributed by atoms with Crippen molar-refractivity contribution in [3.8, 4) is 0 Å². The lowest BCUT2D eigenvalue weighted by molar-refractivity contribution is -0.128. The first-order chi connectivity index (χ1) is 11.0. The summed E-state index contributed by atoms with van der Waals surface area (Å²) in [5, 5.41) is 6.66. The number of nitrogens with one attached hydrogen (secondary N) is 2. The first-order valence-electron chi connectivity index (χ1n) is 8.40. The number of anilines is 1. The third-order valence-electron chi connectivity index (χ3n) is 4.83. The second-order valence-corrected chi connectivity index (χ2v) is 7.19. The number of carbonyl (C=O) groups excluding carboxylic acids is 2. The van der Waals surface area contributed by atoms with Gasteiger partial charge in [0.05, 0.1) is 0 Å². The summed E-state index contributed by atoms with van der Waals surface area (Å²) < 4.78 is 0. The Bertz CT molecular complexity index is 605. The van der Waals surface area contributed by atoms with Crippen molar-refractivity contribution in [1.29, 1.82) is 0 Å². The summed E-state index contributed by atoms with van der Waals surface area (Å²) in [6.07, 6.45) is 5.37. The molecule has 2 amide bonds. The van der Waals surface area contributed by atoms with E-state index < -0.39 is 0 Å². The topological polar surface area (TPSA) is 58.2 Å². The van der Waals surface area contributed by atoms with Crippen LogP contribution in [0.1, 0.15) is 44.1 Å². The molecule has 0 bridgehead atoms. The minimum Gasteiger partial charge on any atom is -0.353 e. The Morgan fingerprint density at radius 1 is 1.00 bits per heavy atom. The monoisotopic (exact) mass is 334 g/mol. The zero-order valence-electron chi connectivity index (χ0n) is 13.4. The largest absolute Gasteiger partial charge is 0.353 e. The molecule has 2 saturated carbocycles. The first kappa shape index (κ1) is 16.3. The molecule has 2 aliphatic rings. The normalized spacial score (nSPS) is 24.1. The van der Waals surface area contributed by atoms with E-state index in [0.29, 0.717) is 11.1 Å². The SMILES string of the molecule is Cc1ccc(NC(=O)C2CCC(C(=O)NC3CC3)CC2)cc1Cl. The average molecular weight is 335 g/mol. The maximum Gasteiger partial charge on any atom is 0.227 e. The smallest absolute Gasteiger partial charge is 0.227 e. The molecule has 1 aromatic rings. The number of rotatable bonds is 4. The van der Waals surface area contributed by atoms with Gasteiger partial charge in [-0.05, 0) is 63.1 Å². The second-order valence-electron chi connectivity index (χ2n) is 6.78. The molecule has 1 aromatic carbocycles. The first-order valence-corrected chi connectivity index (χ1v) is 8.78. The van der Waals surface area contributed by atoms with Crippen LogP contribution in [-0.4, -0.2) is 17.9 Å². The van der Waals surface area contributed by atoms with Gasteiger partial charge in [-0.1, -0.05) is 17.7 Å². The molecule has 0 aliphatic heterocycles. The molecule has 2 fully saturated rings. The molecule has 4 nitrogen and oxygen atoms in total. The number of hydrogen-bond donors (Lipinski definition) is 2. The highest BCUT2D eigenvalue weighted by Crippen LogP contribution is 2.31. The van der Waals surface area contributed by atoms with E-state index in [9.17, 15) is 9.59 Å². The molecule has 23 heavy (non-hydrogen) atoms. The summed E-state index contributed by atoms with van der Waals surface area (Å²) in [5.74, 6) is 0.274. The van der Waals surface area contributed by atoms with E-state index in [2.05, 4.69) is 10.6 Å². The van der Waals surface area contributed by atoms with Crippen LogP contribution in [0, 0.1) is 18.8 Å². The van der Waals surface area contributed by atoms with Gasteiger partial charge in [-0.25, -0.2) is 0 Å². The predicted octanol–water partition coefficient (Wildman–Crippen LogP) is 3.67. The fourth-order valence-corrected chi connectivity index (χ4v) is 3.26. The fraction of sp³-hybridized carbons (Fsp3) is 0.556. The molecule has 0 radical (unpaired) electrons. The van der Waals surface area contributed by atoms with Gasteiger partial charge in [-0.15, -0.1) is 0 Å². The zero-order chi connectivity index (χ0) is 16.4. The van der Waals surface area contributed by atoms with Crippen LogP contribution in [0.3, 0.4) is 0 Å². The van der Waals surface area contributed by atoms with Crippen molar-refractivity contribution in [2.45, 2.75) is 51.5 Å². The molecule has 0 atom stereocenters. The third kappa shape index (κ3) is 4.25. The van der Waals surface area contributed by atoms with Crippen molar-refractivity contribution in [3.05, 3.63) is 28.8 Å². The Labute approximate surface area is 142 Å². The van der Waals surface area contributed by atoms with E-state index >= 15 is 0 Å². The highest BCUT2D eigenvalue weighted by atomic mass is 35.5. The van der Waals surface area contributed by atoms with Gasteiger partial charge in [0.25, 0.3) is 0 Å². The minimum absolute atomic E-state index is 0.0138. The number of benzene rings is 1. The van der Waals surface area contributed by atoms with Gasteiger partial charge in [0.2, 0.25) is 11.8 Å². The molecule has 2 aliphatic carbocycles. The van der Waals surface area contributed by atoms with Crippen LogP contribution in [-0.2, 0) is 9.59 Å². The molecule has 124 valence electrons. The number of halogens is 1. The van der Waals surface area contributed by atoms with Gasteiger partial charge < -0.3 is 10.6 Å². The molecular formula is C18H23ClN2O2. The third-order valence-corrected chi connectivity index (χ3v) is 5.24. The fourth-order valence-electron chi connectivity index (χ4n) is 3.08. The van der Waals surface area contributed by atoms with Crippen LogP contribution >= 0.6 is 11.6 Å². The second kappa shape index (κ2) is 6.91. The molecule has 0 spiro atoms. The average Bonchev–Trinajstić information content (AvgIpc) is 3.35. The van der Waals surface area contributed by atoms with Crippen LogP contribution in [0.2, 0.25) is 5.02 Å². The Morgan fingerprint density at radius 2 is 1.61 bits per heavy atom.